The molecule has 3 rings (SSSR count). The van der Waals surface area contributed by atoms with Crippen LogP contribution in [0.15, 0.2) is 41.7 Å². The van der Waals surface area contributed by atoms with Crippen LogP contribution in [0.2, 0.25) is 10.0 Å². The van der Waals surface area contributed by atoms with Crippen LogP contribution in [-0.4, -0.2) is 52.3 Å². The summed E-state index contributed by atoms with van der Waals surface area (Å²) in [5.41, 5.74) is -0.837. The number of carbonyl (C=O) groups is 2. The molecule has 1 aromatic heterocycles. The van der Waals surface area contributed by atoms with E-state index < -0.39 is 42.1 Å². The molecule has 12 heteroatoms. The minimum absolute atomic E-state index is 0.0835. The van der Waals surface area contributed by atoms with Crippen LogP contribution in [0.3, 0.4) is 0 Å². The van der Waals surface area contributed by atoms with Crippen LogP contribution in [0.1, 0.15) is 53.6 Å². The Kier molecular flexibility index (Phi) is 10.00. The molecule has 1 fully saturated rings. The van der Waals surface area contributed by atoms with Gasteiger partial charge in [-0.3, -0.25) is 19.6 Å². The third kappa shape index (κ3) is 7.39. The average molecular weight is 566 g/mol. The van der Waals surface area contributed by atoms with Crippen molar-refractivity contribution in [2.24, 2.45) is 10.9 Å². The van der Waals surface area contributed by atoms with Gasteiger partial charge in [-0.1, -0.05) is 54.6 Å². The molecule has 1 heterocycles. The van der Waals surface area contributed by atoms with Gasteiger partial charge in [0, 0.05) is 25.2 Å². The topological polar surface area (TPSA) is 110 Å². The fraction of sp³-hybridized carbons (Fsp3) is 0.385. The third-order valence-electron chi connectivity index (χ3n) is 6.12. The lowest BCUT2D eigenvalue weighted by atomic mass is 9.94. The standard InChI is InChI=1S/C26H24Cl2F3N5O2/c27-20-12-34-13-21(28)23(20)22(37)15-36(14-17-6-4-5-16(9-17)10-32)25(38)19(11-33)24(26(29,30)31)35-18-7-2-1-3-8-18/h4-6,9,11-13,18-19,33H,1-3,7-8,14-15H2. The predicted molar refractivity (Wildman–Crippen MR) is 138 cm³/mol. The highest BCUT2D eigenvalue weighted by Crippen LogP contribution is 2.29. The molecule has 1 atom stereocenters. The largest absolute Gasteiger partial charge is 0.430 e. The number of aliphatic imine (C=N–C) groups is 1. The van der Waals surface area contributed by atoms with Crippen LogP contribution in [0.4, 0.5) is 13.2 Å². The number of aromatic nitrogens is 1. The van der Waals surface area contributed by atoms with Gasteiger partial charge in [0.05, 0.1) is 39.8 Å². The van der Waals surface area contributed by atoms with E-state index in [1.165, 1.54) is 24.5 Å². The highest BCUT2D eigenvalue weighted by atomic mass is 35.5. The maximum absolute atomic E-state index is 14.1. The number of ketones is 1. The first-order valence-corrected chi connectivity index (χ1v) is 12.6. The number of rotatable bonds is 9. The van der Waals surface area contributed by atoms with Crippen molar-refractivity contribution in [3.63, 3.8) is 0 Å². The zero-order chi connectivity index (χ0) is 27.9. The van der Waals surface area contributed by atoms with Crippen LogP contribution in [0.5, 0.6) is 0 Å². The number of nitrogens with one attached hydrogen (secondary N) is 1. The van der Waals surface area contributed by atoms with E-state index >= 15 is 0 Å². The molecule has 0 spiro atoms. The van der Waals surface area contributed by atoms with E-state index in [2.05, 4.69) is 9.98 Å². The summed E-state index contributed by atoms with van der Waals surface area (Å²) in [5.74, 6) is -3.93. The van der Waals surface area contributed by atoms with Gasteiger partial charge in [0.15, 0.2) is 5.78 Å². The second-order valence-corrected chi connectivity index (χ2v) is 9.67. The molecule has 0 aliphatic heterocycles. The molecule has 0 bridgehead atoms. The van der Waals surface area contributed by atoms with Gasteiger partial charge in [0.2, 0.25) is 5.91 Å². The van der Waals surface area contributed by atoms with Crippen LogP contribution in [0.25, 0.3) is 0 Å². The summed E-state index contributed by atoms with van der Waals surface area (Å²) in [6.45, 7) is -0.989. The number of carbonyl (C=O) groups excluding carboxylic acids is 2. The first kappa shape index (κ1) is 29.3. The van der Waals surface area contributed by atoms with Crippen molar-refractivity contribution < 1.29 is 22.8 Å². The molecule has 1 aliphatic rings. The van der Waals surface area contributed by atoms with Crippen molar-refractivity contribution >= 4 is 46.8 Å². The lowest BCUT2D eigenvalue weighted by molar-refractivity contribution is -0.133. The van der Waals surface area contributed by atoms with Crippen LogP contribution >= 0.6 is 23.2 Å². The Labute approximate surface area is 227 Å². The van der Waals surface area contributed by atoms with Crippen molar-refractivity contribution in [3.8, 4) is 6.07 Å². The van der Waals surface area contributed by atoms with Crippen molar-refractivity contribution in [3.05, 3.63) is 63.4 Å². The second kappa shape index (κ2) is 13.0. The number of halogens is 5. The molecule has 1 aromatic carbocycles. The average Bonchev–Trinajstić information content (AvgIpc) is 2.88. The van der Waals surface area contributed by atoms with Gasteiger partial charge in [0.25, 0.3) is 0 Å². The Morgan fingerprint density at radius 3 is 2.45 bits per heavy atom. The van der Waals surface area contributed by atoms with Crippen molar-refractivity contribution in [2.45, 2.75) is 50.9 Å². The van der Waals surface area contributed by atoms with Crippen LogP contribution in [-0.2, 0) is 11.3 Å². The van der Waals surface area contributed by atoms with Gasteiger partial charge < -0.3 is 10.3 Å². The van der Waals surface area contributed by atoms with Crippen molar-refractivity contribution in [1.29, 1.82) is 10.7 Å². The summed E-state index contributed by atoms with van der Waals surface area (Å²) >= 11 is 12.2. The van der Waals surface area contributed by atoms with Crippen molar-refractivity contribution in [2.75, 3.05) is 6.54 Å². The Morgan fingerprint density at radius 1 is 1.21 bits per heavy atom. The Morgan fingerprint density at radius 2 is 1.87 bits per heavy atom. The molecule has 1 N–H and O–H groups in total. The minimum Gasteiger partial charge on any atom is -0.330 e. The molecule has 200 valence electrons. The van der Waals surface area contributed by atoms with E-state index in [-0.39, 0.29) is 27.7 Å². The number of Topliss-reactive ketones (excluding diaryl/α,β-unsaturated/α-hetero) is 1. The van der Waals surface area contributed by atoms with E-state index in [0.29, 0.717) is 24.6 Å². The van der Waals surface area contributed by atoms with Crippen molar-refractivity contribution in [1.82, 2.24) is 9.88 Å². The van der Waals surface area contributed by atoms with Gasteiger partial charge in [-0.05, 0) is 30.5 Å². The number of benzene rings is 1. The summed E-state index contributed by atoms with van der Waals surface area (Å²) in [4.78, 5) is 35.3. The van der Waals surface area contributed by atoms with E-state index in [4.69, 9.17) is 28.6 Å². The molecule has 38 heavy (non-hydrogen) atoms. The Hall–Kier alpha value is -3.29. The minimum atomic E-state index is -4.97. The van der Waals surface area contributed by atoms with Gasteiger partial charge in [-0.25, -0.2) is 0 Å². The highest BCUT2D eigenvalue weighted by molar-refractivity contribution is 6.39. The van der Waals surface area contributed by atoms with Gasteiger partial charge >= 0.3 is 6.18 Å². The Balaban J connectivity index is 2.01. The summed E-state index contributed by atoms with van der Waals surface area (Å²) in [6, 6.07) is 7.45. The number of nitriles is 1. The fourth-order valence-electron chi connectivity index (χ4n) is 4.30. The third-order valence-corrected chi connectivity index (χ3v) is 6.70. The molecule has 0 radical (unpaired) electrons. The summed E-state index contributed by atoms with van der Waals surface area (Å²) in [5, 5.41) is 16.8. The maximum atomic E-state index is 14.1. The molecular weight excluding hydrogens is 542 g/mol. The number of nitrogens with zero attached hydrogens (tertiary/aromatic N) is 4. The molecular formula is C26H24Cl2F3N5O2. The number of hydrogen-bond acceptors (Lipinski definition) is 6. The fourth-order valence-corrected chi connectivity index (χ4v) is 4.88. The zero-order valence-electron chi connectivity index (χ0n) is 20.1. The van der Waals surface area contributed by atoms with Crippen LogP contribution < -0.4 is 0 Å². The monoisotopic (exact) mass is 565 g/mol. The molecule has 1 amide bonds. The lowest BCUT2D eigenvalue weighted by Crippen LogP contribution is -2.46. The lowest BCUT2D eigenvalue weighted by Gasteiger charge is -2.28. The van der Waals surface area contributed by atoms with E-state index in [9.17, 15) is 28.0 Å². The number of pyridine rings is 1. The quantitative estimate of drug-likeness (QED) is 0.293. The number of hydrogen-bond donors (Lipinski definition) is 1. The number of alkyl halides is 3. The highest BCUT2D eigenvalue weighted by Gasteiger charge is 2.45. The summed E-state index contributed by atoms with van der Waals surface area (Å²) in [7, 11) is 0. The summed E-state index contributed by atoms with van der Waals surface area (Å²) in [6.07, 6.45) is 1.07. The predicted octanol–water partition coefficient (Wildman–Crippen LogP) is 6.07. The van der Waals surface area contributed by atoms with Gasteiger partial charge in [0.1, 0.15) is 11.6 Å². The van der Waals surface area contributed by atoms with E-state index in [0.717, 1.165) is 24.2 Å². The molecule has 1 aliphatic carbocycles. The molecule has 1 saturated carbocycles. The van der Waals surface area contributed by atoms with Gasteiger partial charge in [-0.15, -0.1) is 0 Å². The first-order chi connectivity index (χ1) is 18.0. The molecule has 1 unspecified atom stereocenters. The normalized spacial score (nSPS) is 15.4. The smallest absolute Gasteiger partial charge is 0.330 e. The summed E-state index contributed by atoms with van der Waals surface area (Å²) < 4.78 is 42.4. The van der Waals surface area contributed by atoms with Gasteiger partial charge in [-0.2, -0.15) is 18.4 Å². The van der Waals surface area contributed by atoms with Crippen LogP contribution in [0, 0.1) is 22.7 Å². The van der Waals surface area contributed by atoms with E-state index in [1.54, 1.807) is 12.1 Å². The molecule has 2 aromatic rings. The Bertz CT molecular complexity index is 1250. The number of amides is 1. The molecule has 7 nitrogen and oxygen atoms in total. The maximum Gasteiger partial charge on any atom is 0.430 e. The second-order valence-electron chi connectivity index (χ2n) is 8.86. The zero-order valence-corrected chi connectivity index (χ0v) is 21.7. The SMILES string of the molecule is N#Cc1cccc(CN(CC(=O)c2c(Cl)cncc2Cl)C(=O)C(C=N)C(=NC2CCCCC2)C(F)(F)F)c1. The van der Waals surface area contributed by atoms with E-state index in [1.807, 2.05) is 6.07 Å². The first-order valence-electron chi connectivity index (χ1n) is 11.8. The molecule has 0 saturated heterocycles.